The van der Waals surface area contributed by atoms with Crippen molar-refractivity contribution in [3.63, 3.8) is 0 Å². The first-order chi connectivity index (χ1) is 6.97. The molecule has 0 aliphatic carbocycles. The van der Waals surface area contributed by atoms with Crippen molar-refractivity contribution in [2.24, 2.45) is 5.92 Å². The normalized spacial score (nSPS) is 10.7. The van der Waals surface area contributed by atoms with Crippen LogP contribution in [0, 0.1) is 19.8 Å². The first-order valence-corrected chi connectivity index (χ1v) is 5.56. The Hall–Kier alpha value is -1.11. The predicted octanol–water partition coefficient (Wildman–Crippen LogP) is 3.46. The molecule has 0 spiro atoms. The van der Waals surface area contributed by atoms with Gasteiger partial charge in [-0.05, 0) is 25.3 Å². The zero-order valence-electron chi connectivity index (χ0n) is 10.1. The number of carbonyl (C=O) groups is 1. The topological polar surface area (TPSA) is 17.1 Å². The molecule has 0 saturated carbocycles. The SMILES string of the molecule is Cc1cc(C)cc(CC(=O)CC(C)C)c1. The standard InChI is InChI=1S/C14H20O/c1-10(2)5-14(15)9-13-7-11(3)6-12(4)8-13/h6-8,10H,5,9H2,1-4H3. The molecule has 1 heteroatoms. The Bertz CT molecular complexity index is 330. The summed E-state index contributed by atoms with van der Waals surface area (Å²) in [5.74, 6) is 0.804. The molecule has 0 bridgehead atoms. The number of aryl methyl sites for hydroxylation is 2. The van der Waals surface area contributed by atoms with E-state index in [9.17, 15) is 4.79 Å². The van der Waals surface area contributed by atoms with Crippen molar-refractivity contribution < 1.29 is 4.79 Å². The maximum absolute atomic E-state index is 11.6. The zero-order valence-corrected chi connectivity index (χ0v) is 10.1. The Morgan fingerprint density at radius 1 is 1.13 bits per heavy atom. The van der Waals surface area contributed by atoms with Crippen LogP contribution in [0.2, 0.25) is 0 Å². The van der Waals surface area contributed by atoms with Crippen LogP contribution >= 0.6 is 0 Å². The molecule has 1 aromatic rings. The third kappa shape index (κ3) is 4.28. The van der Waals surface area contributed by atoms with E-state index in [0.29, 0.717) is 24.5 Å². The Morgan fingerprint density at radius 3 is 2.13 bits per heavy atom. The van der Waals surface area contributed by atoms with Gasteiger partial charge in [-0.15, -0.1) is 0 Å². The molecule has 0 saturated heterocycles. The number of carbonyl (C=O) groups excluding carboxylic acids is 1. The maximum Gasteiger partial charge on any atom is 0.137 e. The number of hydrogen-bond donors (Lipinski definition) is 0. The second-order valence-corrected chi connectivity index (χ2v) is 4.81. The van der Waals surface area contributed by atoms with Crippen LogP contribution in [0.15, 0.2) is 18.2 Å². The molecule has 1 aromatic carbocycles. The highest BCUT2D eigenvalue weighted by Crippen LogP contribution is 2.11. The molecule has 0 radical (unpaired) electrons. The number of ketones is 1. The molecule has 0 aromatic heterocycles. The van der Waals surface area contributed by atoms with Crippen molar-refractivity contribution >= 4 is 5.78 Å². The van der Waals surface area contributed by atoms with Crippen LogP contribution in [0.25, 0.3) is 0 Å². The van der Waals surface area contributed by atoms with Crippen LogP contribution in [0.5, 0.6) is 0 Å². The van der Waals surface area contributed by atoms with E-state index in [1.165, 1.54) is 11.1 Å². The highest BCUT2D eigenvalue weighted by molar-refractivity contribution is 5.81. The second-order valence-electron chi connectivity index (χ2n) is 4.81. The lowest BCUT2D eigenvalue weighted by atomic mass is 9.99. The lowest BCUT2D eigenvalue weighted by molar-refractivity contribution is -0.119. The first-order valence-electron chi connectivity index (χ1n) is 5.56. The van der Waals surface area contributed by atoms with Crippen molar-refractivity contribution in [2.45, 2.75) is 40.5 Å². The van der Waals surface area contributed by atoms with Crippen LogP contribution < -0.4 is 0 Å². The Labute approximate surface area is 92.5 Å². The molecule has 1 nitrogen and oxygen atoms in total. The Morgan fingerprint density at radius 2 is 1.67 bits per heavy atom. The van der Waals surface area contributed by atoms with Gasteiger partial charge in [0.25, 0.3) is 0 Å². The molecule has 0 aliphatic heterocycles. The lowest BCUT2D eigenvalue weighted by Gasteiger charge is -2.06. The fourth-order valence-corrected chi connectivity index (χ4v) is 1.93. The van der Waals surface area contributed by atoms with E-state index in [1.807, 2.05) is 0 Å². The highest BCUT2D eigenvalue weighted by atomic mass is 16.1. The van der Waals surface area contributed by atoms with E-state index in [0.717, 1.165) is 5.56 Å². The maximum atomic E-state index is 11.6. The first kappa shape index (κ1) is 12.0. The summed E-state index contributed by atoms with van der Waals surface area (Å²) in [5, 5.41) is 0. The van der Waals surface area contributed by atoms with Gasteiger partial charge in [-0.1, -0.05) is 43.2 Å². The second kappa shape index (κ2) is 5.11. The largest absolute Gasteiger partial charge is 0.299 e. The predicted molar refractivity (Wildman–Crippen MR) is 64.1 cm³/mol. The number of Topliss-reactive ketones (excluding diaryl/α,β-unsaturated/α-hetero) is 1. The third-order valence-electron chi connectivity index (χ3n) is 2.32. The molecule has 15 heavy (non-hydrogen) atoms. The molecule has 0 aliphatic rings. The summed E-state index contributed by atoms with van der Waals surface area (Å²) in [6.45, 7) is 8.31. The average Bonchev–Trinajstić information content (AvgIpc) is 1.98. The van der Waals surface area contributed by atoms with Crippen molar-refractivity contribution in [3.8, 4) is 0 Å². The van der Waals surface area contributed by atoms with Gasteiger partial charge >= 0.3 is 0 Å². The van der Waals surface area contributed by atoms with Gasteiger partial charge in [-0.3, -0.25) is 4.79 Å². The summed E-state index contributed by atoms with van der Waals surface area (Å²) in [6.07, 6.45) is 1.27. The van der Waals surface area contributed by atoms with Gasteiger partial charge in [0, 0.05) is 12.8 Å². The minimum atomic E-state index is 0.343. The minimum absolute atomic E-state index is 0.343. The van der Waals surface area contributed by atoms with E-state index < -0.39 is 0 Å². The molecule has 0 heterocycles. The third-order valence-corrected chi connectivity index (χ3v) is 2.32. The van der Waals surface area contributed by atoms with E-state index >= 15 is 0 Å². The van der Waals surface area contributed by atoms with E-state index in [1.54, 1.807) is 0 Å². The van der Waals surface area contributed by atoms with Gasteiger partial charge < -0.3 is 0 Å². The summed E-state index contributed by atoms with van der Waals surface area (Å²) < 4.78 is 0. The van der Waals surface area contributed by atoms with E-state index in [2.05, 4.69) is 45.9 Å². The molecule has 0 fully saturated rings. The van der Waals surface area contributed by atoms with Crippen molar-refractivity contribution in [3.05, 3.63) is 34.9 Å². The van der Waals surface area contributed by atoms with Gasteiger partial charge in [0.2, 0.25) is 0 Å². The van der Waals surface area contributed by atoms with Gasteiger partial charge in [-0.2, -0.15) is 0 Å². The molecule has 0 N–H and O–H groups in total. The Kier molecular flexibility index (Phi) is 4.07. The van der Waals surface area contributed by atoms with Gasteiger partial charge in [0.05, 0.1) is 0 Å². The zero-order chi connectivity index (χ0) is 11.4. The summed E-state index contributed by atoms with van der Waals surface area (Å²) in [4.78, 5) is 11.6. The molecule has 0 amide bonds. The van der Waals surface area contributed by atoms with Crippen molar-refractivity contribution in [1.29, 1.82) is 0 Å². The lowest BCUT2D eigenvalue weighted by Crippen LogP contribution is -2.06. The summed E-state index contributed by atoms with van der Waals surface area (Å²) in [7, 11) is 0. The van der Waals surface area contributed by atoms with Crippen LogP contribution in [0.3, 0.4) is 0 Å². The number of rotatable bonds is 4. The monoisotopic (exact) mass is 204 g/mol. The molecule has 82 valence electrons. The quantitative estimate of drug-likeness (QED) is 0.734. The number of hydrogen-bond acceptors (Lipinski definition) is 1. The van der Waals surface area contributed by atoms with E-state index in [4.69, 9.17) is 0 Å². The smallest absolute Gasteiger partial charge is 0.137 e. The van der Waals surface area contributed by atoms with Crippen LogP contribution in [0.1, 0.15) is 37.0 Å². The molecule has 0 atom stereocenters. The minimum Gasteiger partial charge on any atom is -0.299 e. The fraction of sp³-hybridized carbons (Fsp3) is 0.500. The van der Waals surface area contributed by atoms with Crippen molar-refractivity contribution in [2.75, 3.05) is 0 Å². The molecular formula is C14H20O. The Balaban J connectivity index is 2.68. The van der Waals surface area contributed by atoms with Gasteiger partial charge in [0.1, 0.15) is 5.78 Å². The summed E-state index contributed by atoms with van der Waals surface area (Å²) in [6, 6.07) is 6.34. The molecule has 0 unspecified atom stereocenters. The van der Waals surface area contributed by atoms with Crippen LogP contribution in [-0.2, 0) is 11.2 Å². The number of benzene rings is 1. The van der Waals surface area contributed by atoms with E-state index in [-0.39, 0.29) is 0 Å². The average molecular weight is 204 g/mol. The fourth-order valence-electron chi connectivity index (χ4n) is 1.93. The van der Waals surface area contributed by atoms with Gasteiger partial charge in [-0.25, -0.2) is 0 Å². The van der Waals surface area contributed by atoms with Gasteiger partial charge in [0.15, 0.2) is 0 Å². The van der Waals surface area contributed by atoms with Crippen LogP contribution in [-0.4, -0.2) is 5.78 Å². The van der Waals surface area contributed by atoms with Crippen molar-refractivity contribution in [1.82, 2.24) is 0 Å². The highest BCUT2D eigenvalue weighted by Gasteiger charge is 2.06. The molecular weight excluding hydrogens is 184 g/mol. The van der Waals surface area contributed by atoms with Crippen LogP contribution in [0.4, 0.5) is 0 Å². The molecule has 1 rings (SSSR count). The summed E-state index contributed by atoms with van der Waals surface area (Å²) >= 11 is 0. The summed E-state index contributed by atoms with van der Waals surface area (Å²) in [5.41, 5.74) is 3.63.